The van der Waals surface area contributed by atoms with Gasteiger partial charge in [0.25, 0.3) is 5.56 Å². The zero-order valence-corrected chi connectivity index (χ0v) is 16.2. The van der Waals surface area contributed by atoms with Crippen LogP contribution in [0.2, 0.25) is 0 Å². The summed E-state index contributed by atoms with van der Waals surface area (Å²) in [5, 5.41) is 8.96. The number of carbonyl (C=O) groups is 1. The lowest BCUT2D eigenvalue weighted by Gasteiger charge is -2.30. The molecule has 150 valence electrons. The predicted octanol–water partition coefficient (Wildman–Crippen LogP) is 2.45. The Kier molecular flexibility index (Phi) is 4.61. The van der Waals surface area contributed by atoms with Crippen molar-refractivity contribution in [2.45, 2.75) is 50.5 Å². The van der Waals surface area contributed by atoms with Gasteiger partial charge in [0.1, 0.15) is 0 Å². The number of nitrogens with zero attached hydrogens (tertiary/aromatic N) is 5. The van der Waals surface area contributed by atoms with Gasteiger partial charge in [0.15, 0.2) is 0 Å². The van der Waals surface area contributed by atoms with Gasteiger partial charge in [-0.05, 0) is 37.8 Å². The van der Waals surface area contributed by atoms with Crippen molar-refractivity contribution >= 4 is 16.8 Å². The van der Waals surface area contributed by atoms with Crippen molar-refractivity contribution in [2.24, 2.45) is 0 Å². The molecule has 2 aliphatic rings. The number of para-hydroxylation sites is 1. The molecule has 1 saturated heterocycles. The van der Waals surface area contributed by atoms with Crippen molar-refractivity contribution in [3.8, 4) is 0 Å². The van der Waals surface area contributed by atoms with Crippen molar-refractivity contribution in [3.63, 3.8) is 0 Å². The number of amides is 1. The molecular formula is C21H23N5O3. The number of hydrogen-bond donors (Lipinski definition) is 0. The highest BCUT2D eigenvalue weighted by atomic mass is 16.4. The van der Waals surface area contributed by atoms with Gasteiger partial charge >= 0.3 is 0 Å². The van der Waals surface area contributed by atoms with Gasteiger partial charge in [0.2, 0.25) is 17.7 Å². The zero-order chi connectivity index (χ0) is 19.8. The fraction of sp³-hybridized carbons (Fsp3) is 0.476. The maximum absolute atomic E-state index is 12.6. The van der Waals surface area contributed by atoms with Crippen LogP contribution >= 0.6 is 0 Å². The second-order valence-corrected chi connectivity index (χ2v) is 7.92. The van der Waals surface area contributed by atoms with Crippen LogP contribution in [0.5, 0.6) is 0 Å². The first-order valence-electron chi connectivity index (χ1n) is 10.2. The second-order valence-electron chi connectivity index (χ2n) is 7.92. The van der Waals surface area contributed by atoms with Gasteiger partial charge in [0.05, 0.1) is 17.2 Å². The third kappa shape index (κ3) is 3.66. The monoisotopic (exact) mass is 393 g/mol. The number of piperidine rings is 1. The minimum absolute atomic E-state index is 0.0627. The van der Waals surface area contributed by atoms with E-state index in [1.54, 1.807) is 6.07 Å². The molecule has 0 atom stereocenters. The Morgan fingerprint density at radius 2 is 1.72 bits per heavy atom. The third-order valence-corrected chi connectivity index (χ3v) is 5.88. The molecule has 0 spiro atoms. The van der Waals surface area contributed by atoms with Crippen LogP contribution in [0.15, 0.2) is 39.8 Å². The quantitative estimate of drug-likeness (QED) is 0.661. The molecule has 3 heterocycles. The number of likely N-dealkylation sites (tertiary alicyclic amines) is 1. The maximum Gasteiger partial charge on any atom is 0.261 e. The van der Waals surface area contributed by atoms with Crippen molar-refractivity contribution in [1.82, 2.24) is 24.6 Å². The summed E-state index contributed by atoms with van der Waals surface area (Å²) in [6, 6.07) is 7.25. The van der Waals surface area contributed by atoms with E-state index in [-0.39, 0.29) is 23.8 Å². The first kappa shape index (κ1) is 18.0. The molecule has 1 saturated carbocycles. The van der Waals surface area contributed by atoms with Crippen LogP contribution in [-0.2, 0) is 11.3 Å². The Hall–Kier alpha value is -3.03. The van der Waals surface area contributed by atoms with Crippen molar-refractivity contribution < 1.29 is 9.21 Å². The standard InChI is InChI=1S/C21H23N5O3/c27-18(9-12-26-13-22-17-4-2-1-3-16(17)21(26)28)25-10-7-15(8-11-25)20-24-23-19(29-20)14-5-6-14/h1-4,13-15H,5-12H2. The maximum atomic E-state index is 12.6. The molecule has 29 heavy (non-hydrogen) atoms. The number of aromatic nitrogens is 4. The minimum Gasteiger partial charge on any atom is -0.425 e. The van der Waals surface area contributed by atoms with E-state index in [2.05, 4.69) is 15.2 Å². The molecule has 8 nitrogen and oxygen atoms in total. The van der Waals surface area contributed by atoms with Crippen LogP contribution < -0.4 is 5.56 Å². The highest BCUT2D eigenvalue weighted by Gasteiger charge is 2.32. The molecule has 0 radical (unpaired) electrons. The normalized spacial score (nSPS) is 17.7. The summed E-state index contributed by atoms with van der Waals surface area (Å²) in [7, 11) is 0. The minimum atomic E-state index is -0.107. The molecule has 2 aromatic heterocycles. The summed E-state index contributed by atoms with van der Waals surface area (Å²) < 4.78 is 7.34. The first-order chi connectivity index (χ1) is 14.2. The average Bonchev–Trinajstić information content (AvgIpc) is 3.50. The van der Waals surface area contributed by atoms with Gasteiger partial charge in [-0.3, -0.25) is 14.2 Å². The van der Waals surface area contributed by atoms with Crippen LogP contribution in [0.3, 0.4) is 0 Å². The SMILES string of the molecule is O=C(CCn1cnc2ccccc2c1=O)N1CCC(c2nnc(C3CC3)o2)CC1. The molecule has 0 unspecified atom stereocenters. The zero-order valence-electron chi connectivity index (χ0n) is 16.2. The van der Waals surface area contributed by atoms with E-state index in [9.17, 15) is 9.59 Å². The molecule has 2 fully saturated rings. The number of rotatable bonds is 5. The van der Waals surface area contributed by atoms with Gasteiger partial charge < -0.3 is 9.32 Å². The van der Waals surface area contributed by atoms with E-state index < -0.39 is 0 Å². The summed E-state index contributed by atoms with van der Waals surface area (Å²) in [4.78, 5) is 31.4. The Morgan fingerprint density at radius 1 is 1.03 bits per heavy atom. The van der Waals surface area contributed by atoms with Crippen LogP contribution in [0.4, 0.5) is 0 Å². The van der Waals surface area contributed by atoms with E-state index in [1.807, 2.05) is 23.1 Å². The van der Waals surface area contributed by atoms with Crippen LogP contribution in [0, 0.1) is 0 Å². The fourth-order valence-electron chi connectivity index (χ4n) is 3.92. The summed E-state index contributed by atoms with van der Waals surface area (Å²) in [6.45, 7) is 1.69. The van der Waals surface area contributed by atoms with Gasteiger partial charge in [-0.15, -0.1) is 10.2 Å². The van der Waals surface area contributed by atoms with Crippen molar-refractivity contribution in [1.29, 1.82) is 0 Å². The molecule has 1 amide bonds. The number of hydrogen-bond acceptors (Lipinski definition) is 6. The summed E-state index contributed by atoms with van der Waals surface area (Å²) >= 11 is 0. The Balaban J connectivity index is 1.17. The Bertz CT molecular complexity index is 1090. The smallest absolute Gasteiger partial charge is 0.261 e. The van der Waals surface area contributed by atoms with Crippen LogP contribution in [0.25, 0.3) is 10.9 Å². The Labute approximate surface area is 167 Å². The topological polar surface area (TPSA) is 94.1 Å². The number of benzene rings is 1. The molecule has 0 N–H and O–H groups in total. The fourth-order valence-corrected chi connectivity index (χ4v) is 3.92. The molecule has 3 aromatic rings. The highest BCUT2D eigenvalue weighted by molar-refractivity contribution is 5.77. The molecule has 0 bridgehead atoms. The molecule has 1 aliphatic heterocycles. The van der Waals surface area contributed by atoms with Crippen molar-refractivity contribution in [3.05, 3.63) is 52.7 Å². The van der Waals surface area contributed by atoms with Crippen LogP contribution in [-0.4, -0.2) is 43.6 Å². The number of fused-ring (bicyclic) bond motifs is 1. The third-order valence-electron chi connectivity index (χ3n) is 5.88. The van der Waals surface area contributed by atoms with E-state index in [1.165, 1.54) is 10.9 Å². The second kappa shape index (κ2) is 7.42. The summed E-state index contributed by atoms with van der Waals surface area (Å²) in [6.07, 6.45) is 5.76. The van der Waals surface area contributed by atoms with Gasteiger partial charge in [0, 0.05) is 37.9 Å². The first-order valence-corrected chi connectivity index (χ1v) is 10.2. The molecular weight excluding hydrogens is 370 g/mol. The van der Waals surface area contributed by atoms with Crippen LogP contribution in [0.1, 0.15) is 55.7 Å². The van der Waals surface area contributed by atoms with Crippen molar-refractivity contribution in [2.75, 3.05) is 13.1 Å². The van der Waals surface area contributed by atoms with E-state index >= 15 is 0 Å². The molecule has 5 rings (SSSR count). The van der Waals surface area contributed by atoms with Gasteiger partial charge in [-0.2, -0.15) is 0 Å². The lowest BCUT2D eigenvalue weighted by Crippen LogP contribution is -2.38. The number of carbonyl (C=O) groups excluding carboxylic acids is 1. The van der Waals surface area contributed by atoms with Gasteiger partial charge in [-0.1, -0.05) is 12.1 Å². The summed E-state index contributed by atoms with van der Waals surface area (Å²) in [5.41, 5.74) is 0.568. The highest BCUT2D eigenvalue weighted by Crippen LogP contribution is 2.40. The lowest BCUT2D eigenvalue weighted by atomic mass is 9.96. The molecule has 8 heteroatoms. The Morgan fingerprint density at radius 3 is 2.45 bits per heavy atom. The average molecular weight is 393 g/mol. The molecule has 1 aromatic carbocycles. The predicted molar refractivity (Wildman–Crippen MR) is 105 cm³/mol. The molecule has 1 aliphatic carbocycles. The van der Waals surface area contributed by atoms with E-state index in [0.29, 0.717) is 42.3 Å². The van der Waals surface area contributed by atoms with E-state index in [4.69, 9.17) is 4.42 Å². The number of aryl methyl sites for hydroxylation is 1. The van der Waals surface area contributed by atoms with E-state index in [0.717, 1.165) is 31.6 Å². The largest absolute Gasteiger partial charge is 0.425 e. The summed E-state index contributed by atoms with van der Waals surface area (Å²) in [5.74, 6) is 2.24. The lowest BCUT2D eigenvalue weighted by molar-refractivity contribution is -0.132. The van der Waals surface area contributed by atoms with Gasteiger partial charge in [-0.25, -0.2) is 4.98 Å².